The average Bonchev–Trinajstić information content (AvgIpc) is 2.75. The van der Waals surface area contributed by atoms with Crippen LogP contribution in [0.5, 0.6) is 11.5 Å². The highest BCUT2D eigenvalue weighted by atomic mass is 16.5. The maximum Gasteiger partial charge on any atom is 0.166 e. The van der Waals surface area contributed by atoms with Gasteiger partial charge in [-0.05, 0) is 25.3 Å². The maximum atomic E-state index is 9.78. The highest BCUT2D eigenvalue weighted by Crippen LogP contribution is 2.34. The molecule has 0 amide bonds. The number of ether oxygens (including phenoxy) is 2. The number of hydrogen-bond acceptors (Lipinski definition) is 4. The molecule has 1 aromatic carbocycles. The Morgan fingerprint density at radius 2 is 2.24 bits per heavy atom. The molecule has 1 aliphatic carbocycles. The second-order valence-corrected chi connectivity index (χ2v) is 4.31. The Morgan fingerprint density at radius 1 is 1.41 bits per heavy atom. The molecule has 1 aromatic rings. The molecule has 2 unspecified atom stereocenters. The molecule has 1 aliphatic rings. The van der Waals surface area contributed by atoms with Crippen molar-refractivity contribution >= 4 is 0 Å². The highest BCUT2D eigenvalue weighted by molar-refractivity contribution is 5.46. The van der Waals surface area contributed by atoms with Gasteiger partial charge in [0.1, 0.15) is 6.10 Å². The van der Waals surface area contributed by atoms with Crippen LogP contribution in [0.3, 0.4) is 0 Å². The molecule has 0 bridgehead atoms. The first-order valence-corrected chi connectivity index (χ1v) is 5.97. The first-order chi connectivity index (χ1) is 8.26. The number of benzene rings is 1. The molecule has 17 heavy (non-hydrogen) atoms. The third-order valence-electron chi connectivity index (χ3n) is 3.19. The first-order valence-electron chi connectivity index (χ1n) is 5.97. The monoisotopic (exact) mass is 237 g/mol. The third-order valence-corrected chi connectivity index (χ3v) is 3.19. The molecule has 0 heterocycles. The zero-order chi connectivity index (χ0) is 12.3. The van der Waals surface area contributed by atoms with Crippen molar-refractivity contribution in [2.75, 3.05) is 7.11 Å². The molecular weight excluding hydrogens is 218 g/mol. The second-order valence-electron chi connectivity index (χ2n) is 4.31. The van der Waals surface area contributed by atoms with E-state index in [0.717, 1.165) is 24.8 Å². The van der Waals surface area contributed by atoms with Gasteiger partial charge in [-0.25, -0.2) is 0 Å². The normalized spacial score (nSPS) is 23.7. The number of aliphatic hydroxyl groups excluding tert-OH is 1. The molecule has 94 valence electrons. The lowest BCUT2D eigenvalue weighted by Gasteiger charge is -2.21. The summed E-state index contributed by atoms with van der Waals surface area (Å²) in [5.74, 6) is 1.34. The molecule has 4 heteroatoms. The van der Waals surface area contributed by atoms with Crippen LogP contribution in [0.4, 0.5) is 0 Å². The van der Waals surface area contributed by atoms with Crippen LogP contribution in [0, 0.1) is 0 Å². The van der Waals surface area contributed by atoms with Crippen LogP contribution in [-0.4, -0.2) is 24.4 Å². The minimum absolute atomic E-state index is 0.142. The molecule has 4 nitrogen and oxygen atoms in total. The van der Waals surface area contributed by atoms with Gasteiger partial charge >= 0.3 is 0 Å². The molecule has 0 aliphatic heterocycles. The van der Waals surface area contributed by atoms with E-state index in [1.165, 1.54) is 0 Å². The standard InChI is InChI=1S/C13H19NO3/c1-16-12-7-2-4-9(8-14)13(12)17-11-6-3-5-10(11)15/h2,4,7,10-11,15H,3,5-6,8,14H2,1H3. The van der Waals surface area contributed by atoms with E-state index in [-0.39, 0.29) is 12.2 Å². The van der Waals surface area contributed by atoms with Gasteiger partial charge in [-0.15, -0.1) is 0 Å². The number of rotatable bonds is 4. The number of methoxy groups -OCH3 is 1. The van der Waals surface area contributed by atoms with Crippen LogP contribution in [0.25, 0.3) is 0 Å². The smallest absolute Gasteiger partial charge is 0.166 e. The first kappa shape index (κ1) is 12.2. The predicted octanol–water partition coefficient (Wildman–Crippen LogP) is 1.45. The van der Waals surface area contributed by atoms with Gasteiger partial charge in [-0.1, -0.05) is 12.1 Å². The van der Waals surface area contributed by atoms with Gasteiger partial charge in [0.25, 0.3) is 0 Å². The Labute approximate surface area is 101 Å². The van der Waals surface area contributed by atoms with Crippen LogP contribution in [0.1, 0.15) is 24.8 Å². The molecule has 1 saturated carbocycles. The highest BCUT2D eigenvalue weighted by Gasteiger charge is 2.28. The number of aliphatic hydroxyl groups is 1. The third kappa shape index (κ3) is 2.53. The SMILES string of the molecule is COc1cccc(CN)c1OC1CCCC1O. The number of nitrogens with two attached hydrogens (primary N) is 1. The maximum absolute atomic E-state index is 9.78. The van der Waals surface area contributed by atoms with E-state index < -0.39 is 0 Å². The average molecular weight is 237 g/mol. The lowest BCUT2D eigenvalue weighted by atomic mass is 10.1. The van der Waals surface area contributed by atoms with Crippen LogP contribution in [-0.2, 0) is 6.54 Å². The minimum Gasteiger partial charge on any atom is -0.493 e. The van der Waals surface area contributed by atoms with Gasteiger partial charge in [0.2, 0.25) is 0 Å². The topological polar surface area (TPSA) is 64.7 Å². The Bertz CT molecular complexity index is 359. The van der Waals surface area contributed by atoms with E-state index >= 15 is 0 Å². The summed E-state index contributed by atoms with van der Waals surface area (Å²) in [4.78, 5) is 0. The molecule has 2 rings (SSSR count). The summed E-state index contributed by atoms with van der Waals surface area (Å²) >= 11 is 0. The summed E-state index contributed by atoms with van der Waals surface area (Å²) in [5, 5.41) is 9.78. The Balaban J connectivity index is 2.23. The van der Waals surface area contributed by atoms with E-state index in [4.69, 9.17) is 15.2 Å². The zero-order valence-electron chi connectivity index (χ0n) is 10.1. The lowest BCUT2D eigenvalue weighted by molar-refractivity contribution is 0.0580. The molecule has 0 spiro atoms. The molecule has 1 fully saturated rings. The van der Waals surface area contributed by atoms with Crippen LogP contribution >= 0.6 is 0 Å². The van der Waals surface area contributed by atoms with Gasteiger partial charge < -0.3 is 20.3 Å². The molecular formula is C13H19NO3. The van der Waals surface area contributed by atoms with Crippen LogP contribution in [0.15, 0.2) is 18.2 Å². The van der Waals surface area contributed by atoms with Crippen molar-refractivity contribution in [3.05, 3.63) is 23.8 Å². The Hall–Kier alpha value is -1.26. The molecule has 2 atom stereocenters. The lowest BCUT2D eigenvalue weighted by Crippen LogP contribution is -2.26. The van der Waals surface area contributed by atoms with Crippen molar-refractivity contribution in [3.8, 4) is 11.5 Å². The van der Waals surface area contributed by atoms with E-state index in [1.54, 1.807) is 7.11 Å². The summed E-state index contributed by atoms with van der Waals surface area (Å²) in [6.45, 7) is 0.398. The summed E-state index contributed by atoms with van der Waals surface area (Å²) < 4.78 is 11.1. The van der Waals surface area contributed by atoms with E-state index in [0.29, 0.717) is 18.0 Å². The van der Waals surface area contributed by atoms with Gasteiger partial charge in [0, 0.05) is 12.1 Å². The number of para-hydroxylation sites is 1. The van der Waals surface area contributed by atoms with Crippen molar-refractivity contribution in [2.45, 2.75) is 38.0 Å². The summed E-state index contributed by atoms with van der Waals surface area (Å²) in [6, 6.07) is 5.65. The van der Waals surface area contributed by atoms with E-state index in [9.17, 15) is 5.11 Å². The summed E-state index contributed by atoms with van der Waals surface area (Å²) in [7, 11) is 1.60. The fourth-order valence-electron chi connectivity index (χ4n) is 2.21. The van der Waals surface area contributed by atoms with Crippen molar-refractivity contribution < 1.29 is 14.6 Å². The van der Waals surface area contributed by atoms with Gasteiger partial charge in [-0.3, -0.25) is 0 Å². The number of hydrogen-bond donors (Lipinski definition) is 2. The van der Waals surface area contributed by atoms with Crippen LogP contribution < -0.4 is 15.2 Å². The van der Waals surface area contributed by atoms with Crippen LogP contribution in [0.2, 0.25) is 0 Å². The largest absolute Gasteiger partial charge is 0.493 e. The van der Waals surface area contributed by atoms with E-state index in [1.807, 2.05) is 18.2 Å². The van der Waals surface area contributed by atoms with Gasteiger partial charge in [0.15, 0.2) is 11.5 Å². The van der Waals surface area contributed by atoms with Gasteiger partial charge in [0.05, 0.1) is 13.2 Å². The predicted molar refractivity (Wildman–Crippen MR) is 65.2 cm³/mol. The van der Waals surface area contributed by atoms with E-state index in [2.05, 4.69) is 0 Å². The van der Waals surface area contributed by atoms with Crippen molar-refractivity contribution in [1.82, 2.24) is 0 Å². The van der Waals surface area contributed by atoms with Crippen molar-refractivity contribution in [2.24, 2.45) is 5.73 Å². The quantitative estimate of drug-likeness (QED) is 0.831. The molecule has 0 aromatic heterocycles. The molecule has 0 saturated heterocycles. The summed E-state index contributed by atoms with van der Waals surface area (Å²) in [6.07, 6.45) is 2.15. The summed E-state index contributed by atoms with van der Waals surface area (Å²) in [5.41, 5.74) is 6.59. The van der Waals surface area contributed by atoms with Gasteiger partial charge in [-0.2, -0.15) is 0 Å². The Kier molecular flexibility index (Phi) is 3.86. The Morgan fingerprint density at radius 3 is 2.82 bits per heavy atom. The zero-order valence-corrected chi connectivity index (χ0v) is 10.1. The molecule has 0 radical (unpaired) electrons. The fourth-order valence-corrected chi connectivity index (χ4v) is 2.21. The van der Waals surface area contributed by atoms with Crippen molar-refractivity contribution in [1.29, 1.82) is 0 Å². The second kappa shape index (κ2) is 5.38. The molecule has 3 N–H and O–H groups in total. The van der Waals surface area contributed by atoms with Crippen molar-refractivity contribution in [3.63, 3.8) is 0 Å². The fraction of sp³-hybridized carbons (Fsp3) is 0.538. The minimum atomic E-state index is -0.384.